The third kappa shape index (κ3) is 4.14. The lowest BCUT2D eigenvalue weighted by atomic mass is 10.2. The van der Waals surface area contributed by atoms with Gasteiger partial charge in [-0.05, 0) is 18.2 Å². The Morgan fingerprint density at radius 1 is 0.679 bits per heavy atom. The molecule has 4 nitrogen and oxygen atoms in total. The molecule has 1 rings (SSSR count). The first-order chi connectivity index (χ1) is 12.4. The number of nitrogens with zero attached hydrogens (tertiary/aromatic N) is 2. The fourth-order valence-corrected chi connectivity index (χ4v) is 1.81. The van der Waals surface area contributed by atoms with Crippen LogP contribution in [0.15, 0.2) is 24.3 Å². The van der Waals surface area contributed by atoms with Gasteiger partial charge in [0.05, 0.1) is 0 Å². The minimum Gasteiger partial charge on any atom is -0.310 e. The van der Waals surface area contributed by atoms with Gasteiger partial charge >= 0.3 is 36.0 Å². The standard InChI is InChI=1S/C14H10F10N2O2/c1-25(9(27)11(15,16)13(19,20)21)7-4-3-5-8(6-7)26(2)10(28)12(17,18)14(22,23)24/h3-6H,1-2H3. The number of carbonyl (C=O) groups excluding carboxylic acids is 2. The summed E-state index contributed by atoms with van der Waals surface area (Å²) >= 11 is 0. The molecule has 2 amide bonds. The lowest BCUT2D eigenvalue weighted by molar-refractivity contribution is -0.268. The van der Waals surface area contributed by atoms with E-state index in [2.05, 4.69) is 0 Å². The Morgan fingerprint density at radius 3 is 1.21 bits per heavy atom. The van der Waals surface area contributed by atoms with Gasteiger partial charge in [-0.1, -0.05) is 6.07 Å². The minimum atomic E-state index is -6.22. The summed E-state index contributed by atoms with van der Waals surface area (Å²) in [5.41, 5.74) is -1.44. The molecule has 28 heavy (non-hydrogen) atoms. The molecule has 0 N–H and O–H groups in total. The summed E-state index contributed by atoms with van der Waals surface area (Å²) < 4.78 is 126. The van der Waals surface area contributed by atoms with Gasteiger partial charge in [-0.3, -0.25) is 9.59 Å². The highest BCUT2D eigenvalue weighted by atomic mass is 19.4. The van der Waals surface area contributed by atoms with Crippen molar-refractivity contribution in [2.45, 2.75) is 24.2 Å². The first-order valence-corrected chi connectivity index (χ1v) is 6.91. The van der Waals surface area contributed by atoms with Crippen LogP contribution in [-0.2, 0) is 9.59 Å². The number of benzene rings is 1. The minimum absolute atomic E-state index is 0.183. The fraction of sp³-hybridized carbons (Fsp3) is 0.429. The van der Waals surface area contributed by atoms with Crippen LogP contribution in [0.4, 0.5) is 55.3 Å². The van der Waals surface area contributed by atoms with E-state index in [1.54, 1.807) is 0 Å². The molecular weight excluding hydrogens is 418 g/mol. The number of hydrogen-bond donors (Lipinski definition) is 0. The van der Waals surface area contributed by atoms with Crippen molar-refractivity contribution >= 4 is 23.2 Å². The van der Waals surface area contributed by atoms with Gasteiger partial charge in [0.2, 0.25) is 0 Å². The van der Waals surface area contributed by atoms with E-state index >= 15 is 0 Å². The quantitative estimate of drug-likeness (QED) is 0.681. The molecule has 1 aromatic rings. The van der Waals surface area contributed by atoms with Gasteiger partial charge in [-0.2, -0.15) is 43.9 Å². The molecule has 0 fully saturated rings. The summed E-state index contributed by atoms with van der Waals surface area (Å²) in [6.07, 6.45) is -12.4. The van der Waals surface area contributed by atoms with Crippen molar-refractivity contribution < 1.29 is 53.5 Å². The van der Waals surface area contributed by atoms with E-state index in [0.29, 0.717) is 20.2 Å². The molecule has 0 atom stereocenters. The first kappa shape index (κ1) is 23.5. The van der Waals surface area contributed by atoms with E-state index in [1.165, 1.54) is 0 Å². The topological polar surface area (TPSA) is 40.6 Å². The van der Waals surface area contributed by atoms with Crippen LogP contribution in [-0.4, -0.2) is 50.1 Å². The van der Waals surface area contributed by atoms with Crippen LogP contribution in [0.2, 0.25) is 0 Å². The molecule has 0 radical (unpaired) electrons. The van der Waals surface area contributed by atoms with E-state index in [9.17, 15) is 53.5 Å². The fourth-order valence-electron chi connectivity index (χ4n) is 1.81. The normalized spacial score (nSPS) is 13.3. The number of carbonyl (C=O) groups is 2. The Hall–Kier alpha value is -2.54. The van der Waals surface area contributed by atoms with Gasteiger partial charge in [0.1, 0.15) is 0 Å². The zero-order valence-electron chi connectivity index (χ0n) is 13.8. The predicted molar refractivity (Wildman–Crippen MR) is 75.3 cm³/mol. The zero-order chi connectivity index (χ0) is 22.3. The van der Waals surface area contributed by atoms with Crippen LogP contribution >= 0.6 is 0 Å². The second-order valence-electron chi connectivity index (χ2n) is 5.39. The van der Waals surface area contributed by atoms with Crippen molar-refractivity contribution in [1.82, 2.24) is 0 Å². The van der Waals surface area contributed by atoms with Crippen LogP contribution in [0.1, 0.15) is 0 Å². The third-order valence-corrected chi connectivity index (χ3v) is 3.46. The second-order valence-corrected chi connectivity index (χ2v) is 5.39. The van der Waals surface area contributed by atoms with Crippen LogP contribution < -0.4 is 9.80 Å². The van der Waals surface area contributed by atoms with E-state index in [-0.39, 0.29) is 9.80 Å². The molecule has 0 saturated heterocycles. The number of alkyl halides is 10. The van der Waals surface area contributed by atoms with Crippen LogP contribution in [0.5, 0.6) is 0 Å². The average Bonchev–Trinajstić information content (AvgIpc) is 2.57. The Balaban J connectivity index is 3.23. The summed E-state index contributed by atoms with van der Waals surface area (Å²) in [7, 11) is 0.987. The molecule has 1 aromatic carbocycles. The summed E-state index contributed by atoms with van der Waals surface area (Å²) in [5.74, 6) is -17.0. The number of rotatable bonds is 4. The van der Waals surface area contributed by atoms with E-state index in [4.69, 9.17) is 0 Å². The third-order valence-electron chi connectivity index (χ3n) is 3.46. The highest BCUT2D eigenvalue weighted by Crippen LogP contribution is 2.39. The van der Waals surface area contributed by atoms with E-state index in [0.717, 1.165) is 18.2 Å². The predicted octanol–water partition coefficient (Wildman–Crippen LogP) is 4.01. The van der Waals surface area contributed by atoms with Gasteiger partial charge in [0.15, 0.2) is 0 Å². The molecule has 0 heterocycles. The van der Waals surface area contributed by atoms with Crippen molar-refractivity contribution in [2.75, 3.05) is 23.9 Å². The van der Waals surface area contributed by atoms with Crippen LogP contribution in [0.3, 0.4) is 0 Å². The van der Waals surface area contributed by atoms with Gasteiger partial charge in [0, 0.05) is 25.5 Å². The summed E-state index contributed by atoms with van der Waals surface area (Å²) in [4.78, 5) is 22.5. The molecule has 0 spiro atoms. The molecule has 14 heteroatoms. The average molecular weight is 428 g/mol. The molecule has 158 valence electrons. The summed E-state index contributed by atoms with van der Waals surface area (Å²) in [6.45, 7) is 0. The molecular formula is C14H10F10N2O2. The number of halogens is 10. The lowest BCUT2D eigenvalue weighted by Crippen LogP contribution is -2.51. The molecule has 0 bridgehead atoms. The summed E-state index contributed by atoms with van der Waals surface area (Å²) in [6, 6.07) is 2.95. The van der Waals surface area contributed by atoms with Crippen molar-refractivity contribution in [1.29, 1.82) is 0 Å². The molecule has 0 aromatic heterocycles. The van der Waals surface area contributed by atoms with Crippen molar-refractivity contribution in [3.8, 4) is 0 Å². The van der Waals surface area contributed by atoms with E-state index < -0.39 is 47.4 Å². The second kappa shape index (κ2) is 7.13. The van der Waals surface area contributed by atoms with Gasteiger partial charge in [0.25, 0.3) is 0 Å². The van der Waals surface area contributed by atoms with Crippen LogP contribution in [0, 0.1) is 0 Å². The van der Waals surface area contributed by atoms with Gasteiger partial charge in [-0.15, -0.1) is 0 Å². The van der Waals surface area contributed by atoms with Crippen molar-refractivity contribution in [3.63, 3.8) is 0 Å². The zero-order valence-corrected chi connectivity index (χ0v) is 13.8. The lowest BCUT2D eigenvalue weighted by Gasteiger charge is -2.27. The Kier molecular flexibility index (Phi) is 5.98. The highest BCUT2D eigenvalue weighted by molar-refractivity contribution is 6.01. The SMILES string of the molecule is CN(C(=O)C(F)(F)C(F)(F)F)c1cccc(N(C)C(=O)C(F)(F)C(F)(F)F)c1. The molecule has 0 saturated carbocycles. The maximum atomic E-state index is 13.1. The molecule has 0 aliphatic rings. The monoisotopic (exact) mass is 428 g/mol. The Bertz CT molecular complexity index is 698. The molecule has 0 aliphatic carbocycles. The van der Waals surface area contributed by atoms with Crippen LogP contribution in [0.25, 0.3) is 0 Å². The Morgan fingerprint density at radius 2 is 0.964 bits per heavy atom. The largest absolute Gasteiger partial charge is 0.463 e. The Labute approximate surface area is 150 Å². The smallest absolute Gasteiger partial charge is 0.310 e. The molecule has 0 unspecified atom stereocenters. The van der Waals surface area contributed by atoms with Gasteiger partial charge in [-0.25, -0.2) is 0 Å². The maximum Gasteiger partial charge on any atom is 0.463 e. The maximum absolute atomic E-state index is 13.1. The summed E-state index contributed by atoms with van der Waals surface area (Å²) in [5, 5.41) is 0. The van der Waals surface area contributed by atoms with Crippen molar-refractivity contribution in [3.05, 3.63) is 24.3 Å². The first-order valence-electron chi connectivity index (χ1n) is 6.91. The highest BCUT2D eigenvalue weighted by Gasteiger charge is 2.65. The van der Waals surface area contributed by atoms with Crippen molar-refractivity contribution in [2.24, 2.45) is 0 Å². The van der Waals surface area contributed by atoms with Gasteiger partial charge < -0.3 is 9.80 Å². The number of amides is 2. The number of anilines is 2. The van der Waals surface area contributed by atoms with E-state index in [1.807, 2.05) is 0 Å². The number of hydrogen-bond acceptors (Lipinski definition) is 2. The molecule has 0 aliphatic heterocycles.